The van der Waals surface area contributed by atoms with E-state index in [1.807, 2.05) is 55.4 Å². The average Bonchev–Trinajstić information content (AvgIpc) is 2.78. The van der Waals surface area contributed by atoms with Crippen LogP contribution in [0, 0.1) is 5.92 Å². The molecule has 2 aromatic rings. The number of amides is 1. The second-order valence-corrected chi connectivity index (χ2v) is 8.04. The third kappa shape index (κ3) is 4.26. The number of anilines is 1. The van der Waals surface area contributed by atoms with Crippen molar-refractivity contribution in [1.29, 1.82) is 0 Å². The standard InChI is InChI=1S/C24H28N4O3/c1-4-31-23(30)20-21(17-9-11-19(12-10-17)27(2)3)25-24(26-22(20)29)28-14-13-16-7-5-6-8-18(16)15-28/h5-12,20-21H,4,13-15H2,1-3H3,(H,25,26,29)/t20-,21+/m1/s1. The fourth-order valence-electron chi connectivity index (χ4n) is 4.11. The Bertz CT molecular complexity index is 1000. The van der Waals surface area contributed by atoms with Crippen molar-refractivity contribution in [3.05, 3.63) is 65.2 Å². The average molecular weight is 421 g/mol. The summed E-state index contributed by atoms with van der Waals surface area (Å²) in [6.07, 6.45) is 0.883. The number of rotatable bonds is 4. The first-order valence-corrected chi connectivity index (χ1v) is 10.6. The molecule has 2 aliphatic heterocycles. The van der Waals surface area contributed by atoms with Crippen molar-refractivity contribution in [3.63, 3.8) is 0 Å². The van der Waals surface area contributed by atoms with Crippen LogP contribution in [0.2, 0.25) is 0 Å². The number of carbonyl (C=O) groups excluding carboxylic acids is 2. The first kappa shape index (κ1) is 20.9. The van der Waals surface area contributed by atoms with Crippen LogP contribution in [0.15, 0.2) is 53.5 Å². The molecule has 2 atom stereocenters. The molecule has 2 aromatic carbocycles. The van der Waals surface area contributed by atoms with Gasteiger partial charge in [0.25, 0.3) is 0 Å². The highest BCUT2D eigenvalue weighted by Gasteiger charge is 2.42. The SMILES string of the molecule is CCOC(=O)[C@H]1C(=O)NC(N2CCc3ccccc3C2)=N[C@H]1c1ccc(N(C)C)cc1. The molecule has 0 fully saturated rings. The van der Waals surface area contributed by atoms with Gasteiger partial charge in [0.2, 0.25) is 11.9 Å². The summed E-state index contributed by atoms with van der Waals surface area (Å²) in [6, 6.07) is 15.5. The van der Waals surface area contributed by atoms with Gasteiger partial charge in [-0.3, -0.25) is 14.9 Å². The fourth-order valence-corrected chi connectivity index (χ4v) is 4.11. The zero-order valence-electron chi connectivity index (χ0n) is 18.2. The number of hydrogen-bond donors (Lipinski definition) is 1. The molecule has 0 radical (unpaired) electrons. The van der Waals surface area contributed by atoms with Gasteiger partial charge in [-0.1, -0.05) is 36.4 Å². The predicted molar refractivity (Wildman–Crippen MR) is 120 cm³/mol. The summed E-state index contributed by atoms with van der Waals surface area (Å²) in [7, 11) is 3.93. The van der Waals surface area contributed by atoms with Crippen LogP contribution in [0.3, 0.4) is 0 Å². The van der Waals surface area contributed by atoms with Crippen LogP contribution in [-0.4, -0.2) is 50.0 Å². The van der Waals surface area contributed by atoms with Crippen LogP contribution < -0.4 is 10.2 Å². The Morgan fingerprint density at radius 2 is 1.87 bits per heavy atom. The summed E-state index contributed by atoms with van der Waals surface area (Å²) >= 11 is 0. The molecule has 2 aliphatic rings. The predicted octanol–water partition coefficient (Wildman–Crippen LogP) is 2.52. The highest BCUT2D eigenvalue weighted by atomic mass is 16.5. The van der Waals surface area contributed by atoms with Crippen molar-refractivity contribution in [2.45, 2.75) is 25.9 Å². The lowest BCUT2D eigenvalue weighted by molar-refractivity contribution is -0.153. The maximum absolute atomic E-state index is 13.0. The lowest BCUT2D eigenvalue weighted by atomic mass is 9.91. The van der Waals surface area contributed by atoms with Crippen LogP contribution in [0.1, 0.15) is 29.7 Å². The lowest BCUT2D eigenvalue weighted by Crippen LogP contribution is -2.53. The molecule has 0 bridgehead atoms. The number of fused-ring (bicyclic) bond motifs is 1. The van der Waals surface area contributed by atoms with Crippen molar-refractivity contribution < 1.29 is 14.3 Å². The van der Waals surface area contributed by atoms with E-state index in [-0.39, 0.29) is 12.5 Å². The van der Waals surface area contributed by atoms with E-state index in [9.17, 15) is 9.59 Å². The van der Waals surface area contributed by atoms with Crippen molar-refractivity contribution in [3.8, 4) is 0 Å². The monoisotopic (exact) mass is 420 g/mol. The molecule has 1 N–H and O–H groups in total. The first-order valence-electron chi connectivity index (χ1n) is 10.6. The van der Waals surface area contributed by atoms with Gasteiger partial charge in [-0.25, -0.2) is 4.99 Å². The van der Waals surface area contributed by atoms with Crippen LogP contribution in [0.5, 0.6) is 0 Å². The Morgan fingerprint density at radius 3 is 2.55 bits per heavy atom. The highest BCUT2D eigenvalue weighted by Crippen LogP contribution is 2.32. The molecule has 31 heavy (non-hydrogen) atoms. The van der Waals surface area contributed by atoms with Gasteiger partial charge in [-0.05, 0) is 42.2 Å². The number of hydrogen-bond acceptors (Lipinski definition) is 6. The van der Waals surface area contributed by atoms with Gasteiger partial charge in [0, 0.05) is 32.9 Å². The molecule has 0 aliphatic carbocycles. The topological polar surface area (TPSA) is 74.2 Å². The number of benzene rings is 2. The Balaban J connectivity index is 1.68. The Morgan fingerprint density at radius 1 is 1.16 bits per heavy atom. The van der Waals surface area contributed by atoms with Crippen LogP contribution in [-0.2, 0) is 27.3 Å². The minimum Gasteiger partial charge on any atom is -0.465 e. The molecular formula is C24H28N4O3. The molecule has 2 heterocycles. The van der Waals surface area contributed by atoms with E-state index in [0.717, 1.165) is 24.2 Å². The third-order valence-corrected chi connectivity index (χ3v) is 5.82. The van der Waals surface area contributed by atoms with Gasteiger partial charge >= 0.3 is 5.97 Å². The van der Waals surface area contributed by atoms with Gasteiger partial charge in [0.05, 0.1) is 6.61 Å². The van der Waals surface area contributed by atoms with Crippen LogP contribution >= 0.6 is 0 Å². The van der Waals surface area contributed by atoms with Crippen molar-refractivity contribution >= 4 is 23.5 Å². The quantitative estimate of drug-likeness (QED) is 0.608. The zero-order chi connectivity index (χ0) is 22.0. The molecule has 1 amide bonds. The number of nitrogens with one attached hydrogen (secondary N) is 1. The van der Waals surface area contributed by atoms with Crippen molar-refractivity contribution in [2.75, 3.05) is 32.1 Å². The number of ether oxygens (including phenoxy) is 1. The van der Waals surface area contributed by atoms with E-state index in [1.54, 1.807) is 6.92 Å². The normalized spacial score (nSPS) is 20.4. The maximum Gasteiger partial charge on any atom is 0.321 e. The summed E-state index contributed by atoms with van der Waals surface area (Å²) in [6.45, 7) is 3.38. The van der Waals surface area contributed by atoms with E-state index in [2.05, 4.69) is 22.3 Å². The third-order valence-electron chi connectivity index (χ3n) is 5.82. The van der Waals surface area contributed by atoms with E-state index in [0.29, 0.717) is 12.5 Å². The molecule has 7 nitrogen and oxygen atoms in total. The number of guanidine groups is 1. The first-order chi connectivity index (χ1) is 15.0. The fraction of sp³-hybridized carbons (Fsp3) is 0.375. The molecular weight excluding hydrogens is 392 g/mol. The second kappa shape index (κ2) is 8.79. The van der Waals surface area contributed by atoms with Crippen molar-refractivity contribution in [1.82, 2.24) is 10.2 Å². The smallest absolute Gasteiger partial charge is 0.321 e. The van der Waals surface area contributed by atoms with Gasteiger partial charge in [-0.2, -0.15) is 0 Å². The number of carbonyl (C=O) groups is 2. The van der Waals surface area contributed by atoms with Gasteiger partial charge < -0.3 is 14.5 Å². The van der Waals surface area contributed by atoms with Crippen LogP contribution in [0.25, 0.3) is 0 Å². The Hall–Kier alpha value is -3.35. The van der Waals surface area contributed by atoms with E-state index in [1.165, 1.54) is 11.1 Å². The summed E-state index contributed by atoms with van der Waals surface area (Å²) in [5.74, 6) is -1.41. The molecule has 7 heteroatoms. The molecule has 4 rings (SSSR count). The van der Waals surface area contributed by atoms with E-state index < -0.39 is 17.9 Å². The largest absolute Gasteiger partial charge is 0.465 e. The molecule has 0 spiro atoms. The van der Waals surface area contributed by atoms with Gasteiger partial charge in [0.1, 0.15) is 6.04 Å². The second-order valence-electron chi connectivity index (χ2n) is 8.04. The summed E-state index contributed by atoms with van der Waals surface area (Å²) in [5, 5.41) is 2.86. The Labute approximate surface area is 182 Å². The molecule has 0 saturated heterocycles. The van der Waals surface area contributed by atoms with E-state index >= 15 is 0 Å². The maximum atomic E-state index is 13.0. The van der Waals surface area contributed by atoms with Gasteiger partial charge in [0.15, 0.2) is 5.92 Å². The highest BCUT2D eigenvalue weighted by molar-refractivity contribution is 6.08. The molecule has 0 aromatic heterocycles. The lowest BCUT2D eigenvalue weighted by Gasteiger charge is -2.36. The van der Waals surface area contributed by atoms with E-state index in [4.69, 9.17) is 9.73 Å². The summed E-state index contributed by atoms with van der Waals surface area (Å²) < 4.78 is 5.20. The number of aliphatic imine (C=N–C) groups is 1. The number of esters is 1. The molecule has 162 valence electrons. The van der Waals surface area contributed by atoms with Crippen molar-refractivity contribution in [2.24, 2.45) is 10.9 Å². The minimum atomic E-state index is -1.01. The summed E-state index contributed by atoms with van der Waals surface area (Å²) in [4.78, 5) is 34.6. The Kier molecular flexibility index (Phi) is 5.93. The zero-order valence-corrected chi connectivity index (χ0v) is 18.2. The molecule has 0 unspecified atom stereocenters. The number of nitrogens with zero attached hydrogens (tertiary/aromatic N) is 3. The summed E-state index contributed by atoms with van der Waals surface area (Å²) in [5.41, 5.74) is 4.40. The van der Waals surface area contributed by atoms with Crippen LogP contribution in [0.4, 0.5) is 5.69 Å². The molecule has 0 saturated carbocycles. The van der Waals surface area contributed by atoms with Gasteiger partial charge in [-0.15, -0.1) is 0 Å². The minimum absolute atomic E-state index is 0.217.